The molecule has 1 saturated heterocycles. The molecule has 66 valence electrons. The van der Waals surface area contributed by atoms with Gasteiger partial charge >= 0.3 is 0 Å². The van der Waals surface area contributed by atoms with E-state index in [0.717, 1.165) is 5.92 Å². The number of rotatable bonds is 2. The first-order chi connectivity index (χ1) is 5.84. The van der Waals surface area contributed by atoms with Crippen molar-refractivity contribution in [3.8, 4) is 0 Å². The van der Waals surface area contributed by atoms with Gasteiger partial charge < -0.3 is 5.32 Å². The first-order valence-electron chi connectivity index (χ1n) is 4.60. The van der Waals surface area contributed by atoms with Crippen molar-refractivity contribution < 1.29 is 0 Å². The lowest BCUT2D eigenvalue weighted by Crippen LogP contribution is -2.10. The van der Waals surface area contributed by atoms with E-state index >= 15 is 0 Å². The maximum atomic E-state index is 3.40. The second-order valence-electron chi connectivity index (χ2n) is 3.58. The lowest BCUT2D eigenvalue weighted by Gasteiger charge is -2.04. The molecule has 2 heterocycles. The summed E-state index contributed by atoms with van der Waals surface area (Å²) < 4.78 is 0. The average Bonchev–Trinajstić information content (AvgIpc) is 2.63. The van der Waals surface area contributed by atoms with E-state index in [4.69, 9.17) is 0 Å². The quantitative estimate of drug-likeness (QED) is 0.737. The molecule has 0 saturated carbocycles. The Morgan fingerprint density at radius 3 is 3.08 bits per heavy atom. The van der Waals surface area contributed by atoms with Crippen LogP contribution in [0.25, 0.3) is 0 Å². The predicted octanol–water partition coefficient (Wildman–Crippen LogP) is 2.21. The zero-order chi connectivity index (χ0) is 8.39. The molecule has 2 rings (SSSR count). The van der Waals surface area contributed by atoms with Crippen LogP contribution < -0.4 is 5.32 Å². The zero-order valence-electron chi connectivity index (χ0n) is 7.47. The van der Waals surface area contributed by atoms with Crippen LogP contribution in [0.4, 0.5) is 0 Å². The smallest absolute Gasteiger partial charge is 0.00513 e. The van der Waals surface area contributed by atoms with Crippen LogP contribution in [0, 0.1) is 12.8 Å². The Bertz CT molecular complexity index is 248. The molecular weight excluding hydrogens is 166 g/mol. The van der Waals surface area contributed by atoms with E-state index < -0.39 is 0 Å². The minimum atomic E-state index is 0.892. The van der Waals surface area contributed by atoms with Gasteiger partial charge in [-0.3, -0.25) is 0 Å². The fraction of sp³-hybridized carbons (Fsp3) is 0.600. The van der Waals surface area contributed by atoms with Gasteiger partial charge in [0.25, 0.3) is 0 Å². The molecule has 0 spiro atoms. The van der Waals surface area contributed by atoms with Gasteiger partial charge in [0.2, 0.25) is 0 Å². The van der Waals surface area contributed by atoms with E-state index in [2.05, 4.69) is 24.4 Å². The van der Waals surface area contributed by atoms with Crippen molar-refractivity contribution in [3.63, 3.8) is 0 Å². The van der Waals surface area contributed by atoms with Gasteiger partial charge in [0.05, 0.1) is 0 Å². The average molecular weight is 181 g/mol. The van der Waals surface area contributed by atoms with Gasteiger partial charge in [0, 0.05) is 9.75 Å². The van der Waals surface area contributed by atoms with E-state index in [-0.39, 0.29) is 0 Å². The molecule has 12 heavy (non-hydrogen) atoms. The van der Waals surface area contributed by atoms with Crippen molar-refractivity contribution in [3.05, 3.63) is 21.9 Å². The molecule has 0 radical (unpaired) electrons. The maximum absolute atomic E-state index is 3.40. The molecule has 0 bridgehead atoms. The third-order valence-corrected chi connectivity index (χ3v) is 3.47. The number of thiophene rings is 1. The number of hydrogen-bond acceptors (Lipinski definition) is 2. The zero-order valence-corrected chi connectivity index (χ0v) is 8.29. The van der Waals surface area contributed by atoms with Crippen molar-refractivity contribution in [2.45, 2.75) is 19.8 Å². The van der Waals surface area contributed by atoms with Crippen molar-refractivity contribution >= 4 is 11.3 Å². The molecule has 1 fully saturated rings. The Morgan fingerprint density at radius 1 is 1.58 bits per heavy atom. The van der Waals surface area contributed by atoms with Crippen LogP contribution in [0.15, 0.2) is 12.1 Å². The molecule has 0 amide bonds. The summed E-state index contributed by atoms with van der Waals surface area (Å²) in [4.78, 5) is 3.00. The molecular formula is C10H15NS. The molecule has 1 nitrogen and oxygen atoms in total. The van der Waals surface area contributed by atoms with Gasteiger partial charge in [0.1, 0.15) is 0 Å². The topological polar surface area (TPSA) is 12.0 Å². The largest absolute Gasteiger partial charge is 0.316 e. The molecule has 1 N–H and O–H groups in total. The second-order valence-corrected chi connectivity index (χ2v) is 4.95. The SMILES string of the molecule is Cc1ccc(C[C@@H]2CCNC2)s1. The maximum Gasteiger partial charge on any atom is 0.00513 e. The van der Waals surface area contributed by atoms with Crippen molar-refractivity contribution in [2.75, 3.05) is 13.1 Å². The number of hydrogen-bond donors (Lipinski definition) is 1. The summed E-state index contributed by atoms with van der Waals surface area (Å²) in [7, 11) is 0. The first-order valence-corrected chi connectivity index (χ1v) is 5.42. The summed E-state index contributed by atoms with van der Waals surface area (Å²) in [6.07, 6.45) is 2.64. The highest BCUT2D eigenvalue weighted by Gasteiger charge is 2.15. The second kappa shape index (κ2) is 3.58. The summed E-state index contributed by atoms with van der Waals surface area (Å²) in [6.45, 7) is 4.62. The first kappa shape index (κ1) is 8.27. The number of aryl methyl sites for hydroxylation is 1. The lowest BCUT2D eigenvalue weighted by molar-refractivity contribution is 0.585. The molecule has 0 aliphatic carbocycles. The van der Waals surface area contributed by atoms with Crippen molar-refractivity contribution in [1.82, 2.24) is 5.32 Å². The highest BCUT2D eigenvalue weighted by Crippen LogP contribution is 2.21. The normalized spacial score (nSPS) is 23.2. The van der Waals surface area contributed by atoms with Gasteiger partial charge in [-0.1, -0.05) is 0 Å². The highest BCUT2D eigenvalue weighted by atomic mass is 32.1. The van der Waals surface area contributed by atoms with Crippen LogP contribution in [0.2, 0.25) is 0 Å². The Hall–Kier alpha value is -0.340. The predicted molar refractivity (Wildman–Crippen MR) is 53.7 cm³/mol. The molecule has 1 aromatic heterocycles. The van der Waals surface area contributed by atoms with Gasteiger partial charge in [-0.15, -0.1) is 11.3 Å². The standard InChI is InChI=1S/C10H15NS/c1-8-2-3-10(12-8)6-9-4-5-11-7-9/h2-3,9,11H,4-7H2,1H3/t9-/m0/s1. The van der Waals surface area contributed by atoms with Crippen LogP contribution in [0.3, 0.4) is 0 Å². The van der Waals surface area contributed by atoms with Crippen LogP contribution in [-0.4, -0.2) is 13.1 Å². The summed E-state index contributed by atoms with van der Waals surface area (Å²) in [5.74, 6) is 0.892. The van der Waals surface area contributed by atoms with E-state index in [1.807, 2.05) is 11.3 Å². The highest BCUT2D eigenvalue weighted by molar-refractivity contribution is 7.11. The van der Waals surface area contributed by atoms with Crippen molar-refractivity contribution in [2.24, 2.45) is 5.92 Å². The Kier molecular flexibility index (Phi) is 2.47. The van der Waals surface area contributed by atoms with Crippen LogP contribution in [0.1, 0.15) is 16.2 Å². The summed E-state index contributed by atoms with van der Waals surface area (Å²) in [6, 6.07) is 4.50. The monoisotopic (exact) mass is 181 g/mol. The lowest BCUT2D eigenvalue weighted by atomic mass is 10.0. The third kappa shape index (κ3) is 1.87. The molecule has 0 unspecified atom stereocenters. The Balaban J connectivity index is 1.94. The fourth-order valence-corrected chi connectivity index (χ4v) is 2.77. The molecule has 2 heteroatoms. The van der Waals surface area contributed by atoms with E-state index in [9.17, 15) is 0 Å². The third-order valence-electron chi connectivity index (χ3n) is 2.45. The van der Waals surface area contributed by atoms with E-state index in [1.165, 1.54) is 30.8 Å². The van der Waals surface area contributed by atoms with E-state index in [1.54, 1.807) is 4.88 Å². The van der Waals surface area contributed by atoms with Crippen LogP contribution >= 0.6 is 11.3 Å². The Morgan fingerprint density at radius 2 is 2.50 bits per heavy atom. The molecule has 1 aromatic rings. The van der Waals surface area contributed by atoms with Crippen LogP contribution in [-0.2, 0) is 6.42 Å². The van der Waals surface area contributed by atoms with E-state index in [0.29, 0.717) is 0 Å². The summed E-state index contributed by atoms with van der Waals surface area (Å²) in [5.41, 5.74) is 0. The minimum absolute atomic E-state index is 0.892. The molecule has 0 aromatic carbocycles. The van der Waals surface area contributed by atoms with Crippen LogP contribution in [0.5, 0.6) is 0 Å². The minimum Gasteiger partial charge on any atom is -0.316 e. The Labute approximate surface area is 77.8 Å². The van der Waals surface area contributed by atoms with Crippen molar-refractivity contribution in [1.29, 1.82) is 0 Å². The van der Waals surface area contributed by atoms with Gasteiger partial charge in [-0.25, -0.2) is 0 Å². The molecule has 1 aliphatic heterocycles. The fourth-order valence-electron chi connectivity index (χ4n) is 1.77. The number of nitrogens with one attached hydrogen (secondary N) is 1. The van der Waals surface area contributed by atoms with Gasteiger partial charge in [-0.05, 0) is 50.9 Å². The summed E-state index contributed by atoms with van der Waals surface area (Å²) in [5, 5.41) is 3.40. The van der Waals surface area contributed by atoms with Gasteiger partial charge in [-0.2, -0.15) is 0 Å². The molecule has 1 atom stereocenters. The molecule has 1 aliphatic rings. The summed E-state index contributed by atoms with van der Waals surface area (Å²) >= 11 is 1.95. The van der Waals surface area contributed by atoms with Gasteiger partial charge in [0.15, 0.2) is 0 Å².